The fourth-order valence-corrected chi connectivity index (χ4v) is 1.35. The van der Waals surface area contributed by atoms with Gasteiger partial charge in [-0.2, -0.15) is 0 Å². The van der Waals surface area contributed by atoms with Crippen molar-refractivity contribution in [3.8, 4) is 0 Å². The van der Waals surface area contributed by atoms with E-state index in [0.717, 1.165) is 26.2 Å². The molecule has 0 aromatic rings. The number of piperidine rings is 1. The van der Waals surface area contributed by atoms with E-state index in [1.165, 1.54) is 12.8 Å². The third-order valence-electron chi connectivity index (χ3n) is 2.21. The molecule has 0 aromatic carbocycles. The second kappa shape index (κ2) is 3.86. The molecule has 0 aliphatic carbocycles. The zero-order valence-corrected chi connectivity index (χ0v) is 6.55. The van der Waals surface area contributed by atoms with Crippen molar-refractivity contribution < 1.29 is 4.70 Å². The van der Waals surface area contributed by atoms with Crippen LogP contribution in [0, 0.1) is 5.92 Å². The molecular formula is C7H14BNO. The van der Waals surface area contributed by atoms with E-state index in [9.17, 15) is 4.70 Å². The van der Waals surface area contributed by atoms with Crippen LogP contribution >= 0.6 is 0 Å². The Morgan fingerprint density at radius 3 is 2.60 bits per heavy atom. The van der Waals surface area contributed by atoms with Gasteiger partial charge in [0.2, 0.25) is 0 Å². The van der Waals surface area contributed by atoms with Crippen molar-refractivity contribution in [2.75, 3.05) is 19.5 Å². The van der Waals surface area contributed by atoms with Crippen molar-refractivity contribution in [3.63, 3.8) is 0 Å². The molecule has 1 rings (SSSR count). The van der Waals surface area contributed by atoms with Crippen molar-refractivity contribution in [1.82, 2.24) is 4.90 Å². The Bertz CT molecular complexity index is 110. The molecule has 0 atom stereocenters. The Morgan fingerprint density at radius 1 is 1.50 bits per heavy atom. The zero-order chi connectivity index (χ0) is 7.40. The van der Waals surface area contributed by atoms with Crippen LogP contribution in [0.15, 0.2) is 0 Å². The van der Waals surface area contributed by atoms with Gasteiger partial charge in [-0.15, -0.1) is 0 Å². The molecule has 2 nitrogen and oxygen atoms in total. The summed E-state index contributed by atoms with van der Waals surface area (Å²) in [5.41, 5.74) is 0. The Kier molecular flexibility index (Phi) is 3.06. The predicted molar refractivity (Wildman–Crippen MR) is 41.3 cm³/mol. The molecule has 10 heavy (non-hydrogen) atoms. The molecule has 1 aliphatic rings. The van der Waals surface area contributed by atoms with E-state index in [1.807, 2.05) is 0 Å². The van der Waals surface area contributed by atoms with Crippen molar-refractivity contribution in [3.05, 3.63) is 0 Å². The first-order chi connectivity index (χ1) is 4.83. The van der Waals surface area contributed by atoms with Gasteiger partial charge in [-0.3, -0.25) is 0 Å². The molecule has 0 spiro atoms. The third-order valence-corrected chi connectivity index (χ3v) is 2.21. The Hall–Kier alpha value is -0.175. The van der Waals surface area contributed by atoms with E-state index in [4.69, 9.17) is 0 Å². The average molecular weight is 139 g/mol. The van der Waals surface area contributed by atoms with E-state index >= 15 is 0 Å². The number of hydrogen-bond donors (Lipinski definition) is 0. The molecule has 0 aromatic heterocycles. The molecule has 0 radical (unpaired) electrons. The summed E-state index contributed by atoms with van der Waals surface area (Å²) >= 11 is 0. The summed E-state index contributed by atoms with van der Waals surface area (Å²) in [6, 6.07) is 0. The fourth-order valence-electron chi connectivity index (χ4n) is 1.35. The zero-order valence-electron chi connectivity index (χ0n) is 6.55. The fraction of sp³-hybridized carbons (Fsp3) is 1.00. The van der Waals surface area contributed by atoms with Crippen LogP contribution in [0.4, 0.5) is 0 Å². The molecule has 0 bridgehead atoms. The normalized spacial score (nSPS) is 22.5. The summed E-state index contributed by atoms with van der Waals surface area (Å²) in [6.07, 6.45) is 3.15. The third kappa shape index (κ3) is 2.22. The van der Waals surface area contributed by atoms with Crippen LogP contribution in [0.5, 0.6) is 0 Å². The quantitative estimate of drug-likeness (QED) is 0.525. The van der Waals surface area contributed by atoms with Gasteiger partial charge in [-0.25, -0.2) is 0 Å². The molecule has 0 N–H and O–H groups in total. The first-order valence-electron chi connectivity index (χ1n) is 3.99. The van der Waals surface area contributed by atoms with Gasteiger partial charge in [-0.05, 0) is 0 Å². The maximum absolute atomic E-state index is 10.1. The van der Waals surface area contributed by atoms with E-state index in [0.29, 0.717) is 6.44 Å². The summed E-state index contributed by atoms with van der Waals surface area (Å²) in [7, 11) is 0.996. The summed E-state index contributed by atoms with van der Waals surface area (Å²) in [4.78, 5) is 2.22. The molecule has 1 fully saturated rings. The number of hydrogen-bond acceptors (Lipinski definition) is 2. The van der Waals surface area contributed by atoms with Gasteiger partial charge in [0.05, 0.1) is 0 Å². The van der Waals surface area contributed by atoms with Crippen LogP contribution in [0.3, 0.4) is 0 Å². The first kappa shape index (κ1) is 7.93. The van der Waals surface area contributed by atoms with E-state index in [1.54, 1.807) is 0 Å². The number of rotatable bonds is 2. The maximum atomic E-state index is 10.1. The number of nitrogens with zero attached hydrogens (tertiary/aromatic N) is 1. The summed E-state index contributed by atoms with van der Waals surface area (Å²) in [5, 5.41) is 0. The summed E-state index contributed by atoms with van der Waals surface area (Å²) in [5.74, 6) is 0.864. The molecule has 1 saturated heterocycles. The molecular weight excluding hydrogens is 125 g/mol. The van der Waals surface area contributed by atoms with Crippen LogP contribution in [0.1, 0.15) is 19.8 Å². The minimum atomic E-state index is 0.632. The first-order valence-corrected chi connectivity index (χ1v) is 3.99. The van der Waals surface area contributed by atoms with Crippen LogP contribution in [-0.4, -0.2) is 31.6 Å². The summed E-state index contributed by atoms with van der Waals surface area (Å²) in [6.45, 7) is 4.50. The second-order valence-electron chi connectivity index (χ2n) is 3.15. The van der Waals surface area contributed by atoms with Crippen LogP contribution in [0.2, 0.25) is 0 Å². The topological polar surface area (TPSA) is 20.3 Å². The monoisotopic (exact) mass is 139 g/mol. The Labute approximate surface area is 62.8 Å². The predicted octanol–water partition coefficient (Wildman–Crippen LogP) is 0.725. The van der Waals surface area contributed by atoms with Crippen molar-refractivity contribution >= 4 is 7.15 Å². The van der Waals surface area contributed by atoms with Gasteiger partial charge in [-0.1, -0.05) is 0 Å². The number of likely N-dealkylation sites (tertiary alicyclic amines) is 1. The van der Waals surface area contributed by atoms with E-state index in [2.05, 4.69) is 11.8 Å². The van der Waals surface area contributed by atoms with Gasteiger partial charge in [0.15, 0.2) is 0 Å². The molecule has 0 unspecified atom stereocenters. The summed E-state index contributed by atoms with van der Waals surface area (Å²) < 4.78 is 10.1. The van der Waals surface area contributed by atoms with Crippen molar-refractivity contribution in [2.24, 2.45) is 5.92 Å². The molecule has 0 saturated carbocycles. The van der Waals surface area contributed by atoms with Gasteiger partial charge < -0.3 is 0 Å². The van der Waals surface area contributed by atoms with E-state index < -0.39 is 0 Å². The van der Waals surface area contributed by atoms with Gasteiger partial charge >= 0.3 is 62.0 Å². The molecule has 56 valence electrons. The SMILES string of the molecule is CC1CCN(CB=O)CC1. The Balaban J connectivity index is 2.19. The second-order valence-corrected chi connectivity index (χ2v) is 3.15. The van der Waals surface area contributed by atoms with Crippen LogP contribution < -0.4 is 0 Å². The standard InChI is InChI=1S/C7H14BNO/c1-7-2-4-9(5-3-7)6-8-10/h7H,2-6H2,1H3. The average Bonchev–Trinajstić information content (AvgIpc) is 1.95. The van der Waals surface area contributed by atoms with E-state index in [-0.39, 0.29) is 0 Å². The Morgan fingerprint density at radius 2 is 2.10 bits per heavy atom. The molecule has 1 aliphatic heterocycles. The van der Waals surface area contributed by atoms with Gasteiger partial charge in [0.1, 0.15) is 0 Å². The molecule has 3 heteroatoms. The molecule has 0 amide bonds. The van der Waals surface area contributed by atoms with Crippen molar-refractivity contribution in [2.45, 2.75) is 19.8 Å². The van der Waals surface area contributed by atoms with Crippen molar-refractivity contribution in [1.29, 1.82) is 0 Å². The van der Waals surface area contributed by atoms with Gasteiger partial charge in [0.25, 0.3) is 0 Å². The molecule has 1 heterocycles. The van der Waals surface area contributed by atoms with Crippen LogP contribution in [0.25, 0.3) is 0 Å². The van der Waals surface area contributed by atoms with Gasteiger partial charge in [0, 0.05) is 0 Å². The van der Waals surface area contributed by atoms with Crippen LogP contribution in [-0.2, 0) is 4.70 Å². The minimum absolute atomic E-state index is 0.632.